The highest BCUT2D eigenvalue weighted by Gasteiger charge is 2.32. The third-order valence-corrected chi connectivity index (χ3v) is 4.81. The SMILES string of the molecule is CCOC(=O)C1=C(COC(=O)c2ccc3nc(C)c(C)nc3c2)NC(=O)N[C@H]1CC. The Hall–Kier alpha value is -3.49. The number of rotatable bonds is 6. The van der Waals surface area contributed by atoms with Gasteiger partial charge in [0.1, 0.15) is 6.61 Å². The van der Waals surface area contributed by atoms with Crippen molar-refractivity contribution in [3.05, 3.63) is 46.4 Å². The zero-order valence-electron chi connectivity index (χ0n) is 17.4. The molecule has 0 unspecified atom stereocenters. The maximum Gasteiger partial charge on any atom is 0.338 e. The second-order valence-electron chi connectivity index (χ2n) is 6.85. The third kappa shape index (κ3) is 4.40. The van der Waals surface area contributed by atoms with Crippen molar-refractivity contribution in [2.24, 2.45) is 0 Å². The maximum atomic E-state index is 12.6. The number of benzene rings is 1. The molecule has 0 saturated heterocycles. The Balaban J connectivity index is 1.83. The molecule has 1 atom stereocenters. The predicted molar refractivity (Wildman–Crippen MR) is 109 cm³/mol. The number of esters is 2. The van der Waals surface area contributed by atoms with Gasteiger partial charge in [-0.05, 0) is 45.4 Å². The average molecular weight is 412 g/mol. The number of amides is 2. The molecule has 0 radical (unpaired) electrons. The molecule has 2 amide bonds. The van der Waals surface area contributed by atoms with E-state index in [2.05, 4.69) is 20.6 Å². The molecule has 2 N–H and O–H groups in total. The van der Waals surface area contributed by atoms with E-state index in [0.717, 1.165) is 11.4 Å². The van der Waals surface area contributed by atoms with Gasteiger partial charge in [-0.3, -0.25) is 0 Å². The topological polar surface area (TPSA) is 120 Å². The van der Waals surface area contributed by atoms with Crippen molar-refractivity contribution in [3.63, 3.8) is 0 Å². The molecule has 0 fully saturated rings. The number of fused-ring (bicyclic) bond motifs is 1. The molecule has 0 saturated carbocycles. The van der Waals surface area contributed by atoms with E-state index >= 15 is 0 Å². The van der Waals surface area contributed by atoms with Crippen LogP contribution in [0.3, 0.4) is 0 Å². The number of aromatic nitrogens is 2. The first-order chi connectivity index (χ1) is 14.3. The first-order valence-corrected chi connectivity index (χ1v) is 9.73. The fourth-order valence-electron chi connectivity index (χ4n) is 3.15. The number of hydrogen-bond acceptors (Lipinski definition) is 7. The molecule has 158 valence electrons. The summed E-state index contributed by atoms with van der Waals surface area (Å²) < 4.78 is 10.5. The van der Waals surface area contributed by atoms with Crippen LogP contribution in [0.25, 0.3) is 11.0 Å². The minimum Gasteiger partial charge on any atom is -0.463 e. The summed E-state index contributed by atoms with van der Waals surface area (Å²) in [6.07, 6.45) is 0.487. The van der Waals surface area contributed by atoms with Crippen LogP contribution in [-0.2, 0) is 14.3 Å². The molecule has 3 rings (SSSR count). The third-order valence-electron chi connectivity index (χ3n) is 4.81. The average Bonchev–Trinajstić information content (AvgIpc) is 2.72. The Labute approximate surface area is 173 Å². The van der Waals surface area contributed by atoms with E-state index in [1.807, 2.05) is 20.8 Å². The number of urea groups is 1. The molecule has 30 heavy (non-hydrogen) atoms. The van der Waals surface area contributed by atoms with Crippen LogP contribution in [0.2, 0.25) is 0 Å². The lowest BCUT2D eigenvalue weighted by atomic mass is 10.0. The van der Waals surface area contributed by atoms with Gasteiger partial charge in [0.2, 0.25) is 0 Å². The molecular weight excluding hydrogens is 388 g/mol. The maximum absolute atomic E-state index is 12.6. The summed E-state index contributed by atoms with van der Waals surface area (Å²) in [4.78, 5) is 45.8. The van der Waals surface area contributed by atoms with Crippen molar-refractivity contribution < 1.29 is 23.9 Å². The van der Waals surface area contributed by atoms with E-state index in [1.54, 1.807) is 25.1 Å². The summed E-state index contributed by atoms with van der Waals surface area (Å²) in [5.41, 5.74) is 3.62. The van der Waals surface area contributed by atoms with Crippen molar-refractivity contribution in [2.75, 3.05) is 13.2 Å². The molecule has 1 aliphatic rings. The Bertz CT molecular complexity index is 1050. The summed E-state index contributed by atoms with van der Waals surface area (Å²) in [7, 11) is 0. The monoisotopic (exact) mass is 412 g/mol. The summed E-state index contributed by atoms with van der Waals surface area (Å²) in [6.45, 7) is 7.17. The van der Waals surface area contributed by atoms with E-state index in [9.17, 15) is 14.4 Å². The van der Waals surface area contributed by atoms with E-state index in [-0.39, 0.29) is 24.5 Å². The zero-order valence-corrected chi connectivity index (χ0v) is 17.4. The van der Waals surface area contributed by atoms with Crippen LogP contribution in [0.1, 0.15) is 42.0 Å². The number of hydrogen-bond donors (Lipinski definition) is 2. The Morgan fingerprint density at radius 3 is 2.40 bits per heavy atom. The molecule has 0 spiro atoms. The van der Waals surface area contributed by atoms with Crippen LogP contribution in [-0.4, -0.2) is 47.2 Å². The molecule has 9 nitrogen and oxygen atoms in total. The summed E-state index contributed by atoms with van der Waals surface area (Å²) in [5.74, 6) is -1.16. The fraction of sp³-hybridized carbons (Fsp3) is 0.381. The molecule has 1 aromatic carbocycles. The number of carbonyl (C=O) groups is 3. The van der Waals surface area contributed by atoms with Gasteiger partial charge in [0.05, 0.1) is 51.9 Å². The molecule has 0 aliphatic carbocycles. The summed E-state index contributed by atoms with van der Waals surface area (Å²) in [6, 6.07) is 3.92. The highest BCUT2D eigenvalue weighted by atomic mass is 16.5. The molecule has 1 aliphatic heterocycles. The Morgan fingerprint density at radius 2 is 1.73 bits per heavy atom. The predicted octanol–water partition coefficient (Wildman–Crippen LogP) is 2.31. The van der Waals surface area contributed by atoms with E-state index in [0.29, 0.717) is 23.0 Å². The van der Waals surface area contributed by atoms with Gasteiger partial charge in [-0.2, -0.15) is 0 Å². The highest BCUT2D eigenvalue weighted by Crippen LogP contribution is 2.19. The lowest BCUT2D eigenvalue weighted by Crippen LogP contribution is -2.51. The van der Waals surface area contributed by atoms with Crippen LogP contribution >= 0.6 is 0 Å². The zero-order chi connectivity index (χ0) is 21.8. The Morgan fingerprint density at radius 1 is 1.03 bits per heavy atom. The van der Waals surface area contributed by atoms with Crippen LogP contribution in [0.15, 0.2) is 29.5 Å². The van der Waals surface area contributed by atoms with Crippen molar-refractivity contribution >= 4 is 29.0 Å². The molecular formula is C21H24N4O5. The quantitative estimate of drug-likeness (QED) is 0.699. The number of aryl methyl sites for hydroxylation is 2. The first kappa shape index (κ1) is 21.2. The minimum atomic E-state index is -0.603. The van der Waals surface area contributed by atoms with E-state index in [1.165, 1.54) is 0 Å². The molecule has 0 bridgehead atoms. The van der Waals surface area contributed by atoms with E-state index < -0.39 is 24.0 Å². The Kier molecular flexibility index (Phi) is 6.29. The molecule has 9 heteroatoms. The molecule has 2 heterocycles. The van der Waals surface area contributed by atoms with E-state index in [4.69, 9.17) is 9.47 Å². The lowest BCUT2D eigenvalue weighted by Gasteiger charge is -2.28. The largest absolute Gasteiger partial charge is 0.463 e. The van der Waals surface area contributed by atoms with Gasteiger partial charge in [0.15, 0.2) is 0 Å². The van der Waals surface area contributed by atoms with Crippen molar-refractivity contribution in [1.29, 1.82) is 0 Å². The van der Waals surface area contributed by atoms with Crippen molar-refractivity contribution in [3.8, 4) is 0 Å². The first-order valence-electron chi connectivity index (χ1n) is 9.73. The normalized spacial score (nSPS) is 16.1. The van der Waals surface area contributed by atoms with Crippen LogP contribution in [0.4, 0.5) is 4.79 Å². The van der Waals surface area contributed by atoms with Crippen LogP contribution in [0.5, 0.6) is 0 Å². The number of nitrogens with one attached hydrogen (secondary N) is 2. The van der Waals surface area contributed by atoms with Gasteiger partial charge in [-0.15, -0.1) is 0 Å². The fourth-order valence-corrected chi connectivity index (χ4v) is 3.15. The van der Waals surface area contributed by atoms with Gasteiger partial charge in [-0.25, -0.2) is 24.4 Å². The van der Waals surface area contributed by atoms with Crippen molar-refractivity contribution in [2.45, 2.75) is 40.2 Å². The summed E-state index contributed by atoms with van der Waals surface area (Å²) in [5, 5.41) is 5.22. The molecule has 2 aromatic rings. The smallest absolute Gasteiger partial charge is 0.338 e. The van der Waals surface area contributed by atoms with Crippen LogP contribution < -0.4 is 10.6 Å². The van der Waals surface area contributed by atoms with Gasteiger partial charge < -0.3 is 20.1 Å². The number of nitrogens with zero attached hydrogens (tertiary/aromatic N) is 2. The number of carbonyl (C=O) groups excluding carboxylic acids is 3. The standard InChI is InChI=1S/C21H24N4O5/c1-5-14-18(20(27)29-6-2)17(25-21(28)24-14)10-30-19(26)13-7-8-15-16(9-13)23-12(4)11(3)22-15/h7-9,14H,5-6,10H2,1-4H3,(H2,24,25,28)/t14-/m0/s1. The number of ether oxygens (including phenoxy) is 2. The van der Waals surface area contributed by atoms with Crippen LogP contribution in [0, 0.1) is 13.8 Å². The highest BCUT2D eigenvalue weighted by molar-refractivity contribution is 5.96. The summed E-state index contributed by atoms with van der Waals surface area (Å²) >= 11 is 0. The van der Waals surface area contributed by atoms with Gasteiger partial charge >= 0.3 is 18.0 Å². The second kappa shape index (κ2) is 8.89. The van der Waals surface area contributed by atoms with Gasteiger partial charge in [-0.1, -0.05) is 6.92 Å². The van der Waals surface area contributed by atoms with Gasteiger partial charge in [0, 0.05) is 0 Å². The molecule has 1 aromatic heterocycles. The lowest BCUT2D eigenvalue weighted by molar-refractivity contribution is -0.139. The minimum absolute atomic E-state index is 0.191. The second-order valence-corrected chi connectivity index (χ2v) is 6.85. The van der Waals surface area contributed by atoms with Crippen molar-refractivity contribution in [1.82, 2.24) is 20.6 Å². The van der Waals surface area contributed by atoms with Gasteiger partial charge in [0.25, 0.3) is 0 Å².